The highest BCUT2D eigenvalue weighted by molar-refractivity contribution is 5.36. The molecule has 1 atom stereocenters. The Bertz CT molecular complexity index is 582. The quantitative estimate of drug-likeness (QED) is 0.884. The zero-order valence-corrected chi connectivity index (χ0v) is 9.27. The predicted molar refractivity (Wildman–Crippen MR) is 61.6 cm³/mol. The van der Waals surface area contributed by atoms with E-state index in [4.69, 9.17) is 5.26 Å². The van der Waals surface area contributed by atoms with Gasteiger partial charge in [0.15, 0.2) is 0 Å². The van der Waals surface area contributed by atoms with Crippen LogP contribution in [0.1, 0.15) is 22.8 Å². The number of benzene rings is 2. The van der Waals surface area contributed by atoms with Crippen LogP contribution in [0.4, 0.5) is 8.78 Å². The van der Waals surface area contributed by atoms with E-state index in [0.29, 0.717) is 11.1 Å². The smallest absolute Gasteiger partial charge is 0.132 e. The van der Waals surface area contributed by atoms with Crippen LogP contribution in [-0.2, 0) is 0 Å². The summed E-state index contributed by atoms with van der Waals surface area (Å²) < 4.78 is 27.0. The Balaban J connectivity index is 2.42. The molecule has 1 unspecified atom stereocenters. The Hall–Kier alpha value is -2.25. The molecule has 0 bridgehead atoms. The van der Waals surface area contributed by atoms with Crippen LogP contribution >= 0.6 is 0 Å². The number of rotatable bonds is 2. The van der Waals surface area contributed by atoms with E-state index >= 15 is 0 Å². The van der Waals surface area contributed by atoms with Gasteiger partial charge in [-0.15, -0.1) is 0 Å². The third-order valence-corrected chi connectivity index (χ3v) is 2.63. The summed E-state index contributed by atoms with van der Waals surface area (Å²) in [6, 6.07) is 11.2. The van der Waals surface area contributed by atoms with Crippen LogP contribution in [0, 0.1) is 23.0 Å². The molecule has 0 saturated heterocycles. The molecule has 2 aromatic rings. The van der Waals surface area contributed by atoms with Gasteiger partial charge in [-0.2, -0.15) is 5.26 Å². The monoisotopic (exact) mass is 245 g/mol. The first-order chi connectivity index (χ1) is 8.63. The molecule has 2 nitrogen and oxygen atoms in total. The van der Waals surface area contributed by atoms with Gasteiger partial charge in [-0.05, 0) is 29.8 Å². The highest BCUT2D eigenvalue weighted by atomic mass is 19.1. The normalized spacial score (nSPS) is 11.9. The van der Waals surface area contributed by atoms with Gasteiger partial charge in [0.2, 0.25) is 0 Å². The lowest BCUT2D eigenvalue weighted by Crippen LogP contribution is -2.05. The summed E-state index contributed by atoms with van der Waals surface area (Å²) in [4.78, 5) is 0. The molecule has 0 amide bonds. The van der Waals surface area contributed by atoms with Crippen molar-refractivity contribution < 1.29 is 13.9 Å². The third kappa shape index (κ3) is 2.22. The minimum atomic E-state index is -1.39. The van der Waals surface area contributed by atoms with Gasteiger partial charge in [0.1, 0.15) is 17.7 Å². The fourth-order valence-electron chi connectivity index (χ4n) is 1.68. The average Bonchev–Trinajstić information content (AvgIpc) is 2.38. The average molecular weight is 245 g/mol. The van der Waals surface area contributed by atoms with Crippen LogP contribution in [0.25, 0.3) is 0 Å². The summed E-state index contributed by atoms with van der Waals surface area (Å²) in [5, 5.41) is 18.6. The molecule has 0 heterocycles. The zero-order valence-electron chi connectivity index (χ0n) is 9.27. The van der Waals surface area contributed by atoms with Gasteiger partial charge in [-0.25, -0.2) is 8.78 Å². The van der Waals surface area contributed by atoms with Crippen LogP contribution in [0.15, 0.2) is 42.5 Å². The molecule has 0 aromatic heterocycles. The lowest BCUT2D eigenvalue weighted by atomic mass is 9.99. The third-order valence-electron chi connectivity index (χ3n) is 2.63. The minimum Gasteiger partial charge on any atom is -0.383 e. The summed E-state index contributed by atoms with van der Waals surface area (Å²) in [6.45, 7) is 0. The van der Waals surface area contributed by atoms with Gasteiger partial charge < -0.3 is 5.11 Å². The summed E-state index contributed by atoms with van der Waals surface area (Å²) in [5.41, 5.74) is 0.361. The Kier molecular flexibility index (Phi) is 3.35. The first-order valence-electron chi connectivity index (χ1n) is 5.25. The summed E-state index contributed by atoms with van der Waals surface area (Å²) in [6.07, 6.45) is -1.39. The molecule has 1 N–H and O–H groups in total. The van der Waals surface area contributed by atoms with E-state index in [9.17, 15) is 13.9 Å². The van der Waals surface area contributed by atoms with E-state index in [0.717, 1.165) is 12.1 Å². The van der Waals surface area contributed by atoms with E-state index in [-0.39, 0.29) is 5.56 Å². The number of hydrogen-bond donors (Lipinski definition) is 1. The van der Waals surface area contributed by atoms with Crippen molar-refractivity contribution in [1.29, 1.82) is 5.26 Å². The number of nitriles is 1. The van der Waals surface area contributed by atoms with E-state index in [1.165, 1.54) is 30.3 Å². The maximum atomic E-state index is 13.5. The van der Waals surface area contributed by atoms with Gasteiger partial charge >= 0.3 is 0 Å². The summed E-state index contributed by atoms with van der Waals surface area (Å²) in [5.74, 6) is -1.60. The molecule has 0 aliphatic rings. The molecule has 0 aliphatic heterocycles. The Labute approximate surface area is 103 Å². The molecular weight excluding hydrogens is 236 g/mol. The van der Waals surface area contributed by atoms with Crippen molar-refractivity contribution in [3.8, 4) is 6.07 Å². The molecule has 90 valence electrons. The fourth-order valence-corrected chi connectivity index (χ4v) is 1.68. The molecule has 0 spiro atoms. The Morgan fingerprint density at radius 1 is 1.00 bits per heavy atom. The van der Waals surface area contributed by atoms with Crippen molar-refractivity contribution in [3.63, 3.8) is 0 Å². The minimum absolute atomic E-state index is 0.331. The van der Waals surface area contributed by atoms with Crippen molar-refractivity contribution in [2.24, 2.45) is 0 Å². The molecule has 2 rings (SSSR count). The van der Waals surface area contributed by atoms with Crippen LogP contribution in [0.5, 0.6) is 0 Å². The molecule has 0 saturated carbocycles. The Morgan fingerprint density at radius 3 is 2.06 bits per heavy atom. The van der Waals surface area contributed by atoms with Gasteiger partial charge in [0.05, 0.1) is 17.2 Å². The fraction of sp³-hybridized carbons (Fsp3) is 0.0714. The SMILES string of the molecule is N#Cc1ccc(C(O)c2c(F)cccc2F)cc1. The van der Waals surface area contributed by atoms with Crippen molar-refractivity contribution in [2.45, 2.75) is 6.10 Å². The molecule has 2 aromatic carbocycles. The van der Waals surface area contributed by atoms with Crippen LogP contribution in [0.3, 0.4) is 0 Å². The van der Waals surface area contributed by atoms with Gasteiger partial charge in [0, 0.05) is 0 Å². The predicted octanol–water partition coefficient (Wildman–Crippen LogP) is 2.92. The second kappa shape index (κ2) is 4.94. The van der Waals surface area contributed by atoms with Crippen LogP contribution in [0.2, 0.25) is 0 Å². The standard InChI is InChI=1S/C14H9F2NO/c15-11-2-1-3-12(16)13(11)14(18)10-6-4-9(8-17)5-7-10/h1-7,14,18H. The second-order valence-corrected chi connectivity index (χ2v) is 3.77. The van der Waals surface area contributed by atoms with E-state index in [1.54, 1.807) is 0 Å². The first-order valence-corrected chi connectivity index (χ1v) is 5.25. The number of nitrogens with zero attached hydrogens (tertiary/aromatic N) is 1. The highest BCUT2D eigenvalue weighted by Gasteiger charge is 2.19. The summed E-state index contributed by atoms with van der Waals surface area (Å²) in [7, 11) is 0. The van der Waals surface area contributed by atoms with Crippen molar-refractivity contribution in [3.05, 3.63) is 70.8 Å². The number of aliphatic hydroxyl groups is 1. The van der Waals surface area contributed by atoms with Crippen molar-refractivity contribution >= 4 is 0 Å². The first kappa shape index (κ1) is 12.2. The molecule has 4 heteroatoms. The van der Waals surface area contributed by atoms with Crippen LogP contribution in [-0.4, -0.2) is 5.11 Å². The molecular formula is C14H9F2NO. The van der Waals surface area contributed by atoms with Crippen molar-refractivity contribution in [2.75, 3.05) is 0 Å². The second-order valence-electron chi connectivity index (χ2n) is 3.77. The van der Waals surface area contributed by atoms with E-state index < -0.39 is 17.7 Å². The number of halogens is 2. The maximum Gasteiger partial charge on any atom is 0.132 e. The topological polar surface area (TPSA) is 44.0 Å². The largest absolute Gasteiger partial charge is 0.383 e. The van der Waals surface area contributed by atoms with Gasteiger partial charge in [0.25, 0.3) is 0 Å². The zero-order chi connectivity index (χ0) is 13.1. The lowest BCUT2D eigenvalue weighted by molar-refractivity contribution is 0.209. The number of aliphatic hydroxyl groups excluding tert-OH is 1. The molecule has 0 radical (unpaired) electrons. The van der Waals surface area contributed by atoms with Crippen molar-refractivity contribution in [1.82, 2.24) is 0 Å². The van der Waals surface area contributed by atoms with Gasteiger partial charge in [-0.1, -0.05) is 18.2 Å². The molecule has 0 aliphatic carbocycles. The Morgan fingerprint density at radius 2 is 1.56 bits per heavy atom. The lowest BCUT2D eigenvalue weighted by Gasteiger charge is -2.13. The van der Waals surface area contributed by atoms with Crippen LogP contribution < -0.4 is 0 Å². The van der Waals surface area contributed by atoms with Gasteiger partial charge in [-0.3, -0.25) is 0 Å². The maximum absolute atomic E-state index is 13.5. The number of hydrogen-bond acceptors (Lipinski definition) is 2. The molecule has 18 heavy (non-hydrogen) atoms. The highest BCUT2D eigenvalue weighted by Crippen LogP contribution is 2.26. The van der Waals surface area contributed by atoms with E-state index in [2.05, 4.69) is 0 Å². The molecule has 0 fully saturated rings. The van der Waals surface area contributed by atoms with E-state index in [1.807, 2.05) is 6.07 Å². The summed E-state index contributed by atoms with van der Waals surface area (Å²) >= 11 is 0.